The summed E-state index contributed by atoms with van der Waals surface area (Å²) in [6, 6.07) is 7.17. The van der Waals surface area contributed by atoms with Crippen molar-refractivity contribution >= 4 is 33.7 Å². The molecular weight excluding hydrogens is 328 g/mol. The number of nitrogens with two attached hydrogens (primary N) is 1. The third-order valence-electron chi connectivity index (χ3n) is 2.31. The Morgan fingerprint density at radius 2 is 1.80 bits per heavy atom. The number of carbonyl (C=O) groups is 3. The second kappa shape index (κ2) is 7.44. The minimum absolute atomic E-state index is 0.166. The number of carboxylic acid groups (broad SMARTS) is 1. The van der Waals surface area contributed by atoms with Crippen LogP contribution >= 0.6 is 15.9 Å². The van der Waals surface area contributed by atoms with Crippen molar-refractivity contribution in [3.05, 3.63) is 46.5 Å². The first-order valence-electron chi connectivity index (χ1n) is 5.61. The van der Waals surface area contributed by atoms with E-state index in [2.05, 4.69) is 15.9 Å². The van der Waals surface area contributed by atoms with E-state index in [1.54, 1.807) is 24.3 Å². The zero-order chi connectivity index (χ0) is 15.1. The molecule has 1 aromatic rings. The van der Waals surface area contributed by atoms with Gasteiger partial charge in [-0.05, 0) is 17.7 Å². The van der Waals surface area contributed by atoms with Gasteiger partial charge in [0, 0.05) is 23.2 Å². The van der Waals surface area contributed by atoms with Crippen molar-refractivity contribution in [2.24, 2.45) is 5.73 Å². The van der Waals surface area contributed by atoms with Crippen LogP contribution in [0.5, 0.6) is 0 Å². The summed E-state index contributed by atoms with van der Waals surface area (Å²) in [7, 11) is 0. The Balaban J connectivity index is 2.83. The van der Waals surface area contributed by atoms with Gasteiger partial charge in [0.25, 0.3) is 0 Å². The van der Waals surface area contributed by atoms with E-state index >= 15 is 0 Å². The fourth-order valence-corrected chi connectivity index (χ4v) is 1.72. The summed E-state index contributed by atoms with van der Waals surface area (Å²) in [6.45, 7) is -0.113. The second-order valence-corrected chi connectivity index (χ2v) is 4.87. The highest BCUT2D eigenvalue weighted by Gasteiger charge is 2.14. The first-order chi connectivity index (χ1) is 9.38. The average Bonchev–Trinajstić information content (AvgIpc) is 2.37. The first-order valence-corrected chi connectivity index (χ1v) is 6.40. The van der Waals surface area contributed by atoms with Crippen molar-refractivity contribution in [2.75, 3.05) is 6.54 Å². The molecule has 0 aromatic heterocycles. The van der Waals surface area contributed by atoms with Gasteiger partial charge in [0.15, 0.2) is 0 Å². The minimum Gasteiger partial charge on any atom is -0.478 e. The Kier molecular flexibility index (Phi) is 5.92. The normalized spacial score (nSPS) is 10.4. The van der Waals surface area contributed by atoms with E-state index in [1.165, 1.54) is 4.90 Å². The van der Waals surface area contributed by atoms with Crippen LogP contribution in [0.15, 0.2) is 40.9 Å². The summed E-state index contributed by atoms with van der Waals surface area (Å²) in [5.74, 6) is -2.49. The van der Waals surface area contributed by atoms with Crippen molar-refractivity contribution in [2.45, 2.75) is 6.54 Å². The fraction of sp³-hybridized carbons (Fsp3) is 0.154. The SMILES string of the molecule is NC(=O)CN(Cc1ccc(Br)cc1)C(=O)/C=C/C(=O)O. The Morgan fingerprint density at radius 3 is 2.30 bits per heavy atom. The largest absolute Gasteiger partial charge is 0.478 e. The van der Waals surface area contributed by atoms with E-state index in [4.69, 9.17) is 10.8 Å². The molecule has 1 rings (SSSR count). The van der Waals surface area contributed by atoms with Crippen molar-refractivity contribution in [3.8, 4) is 0 Å². The molecule has 0 saturated heterocycles. The fourth-order valence-electron chi connectivity index (χ4n) is 1.46. The van der Waals surface area contributed by atoms with E-state index < -0.39 is 17.8 Å². The van der Waals surface area contributed by atoms with Gasteiger partial charge in [-0.2, -0.15) is 0 Å². The summed E-state index contributed by atoms with van der Waals surface area (Å²) in [4.78, 5) is 34.4. The minimum atomic E-state index is -1.24. The molecule has 0 saturated carbocycles. The van der Waals surface area contributed by atoms with E-state index in [9.17, 15) is 14.4 Å². The molecule has 2 amide bonds. The van der Waals surface area contributed by atoms with Crippen molar-refractivity contribution < 1.29 is 19.5 Å². The highest BCUT2D eigenvalue weighted by Crippen LogP contribution is 2.12. The molecule has 7 heteroatoms. The molecule has 1 aromatic carbocycles. The van der Waals surface area contributed by atoms with Gasteiger partial charge in [-0.3, -0.25) is 9.59 Å². The molecule has 0 radical (unpaired) electrons. The Labute approximate surface area is 124 Å². The quantitative estimate of drug-likeness (QED) is 0.751. The zero-order valence-electron chi connectivity index (χ0n) is 10.5. The predicted octanol–water partition coefficient (Wildman–Crippen LogP) is 0.904. The van der Waals surface area contributed by atoms with E-state index in [0.29, 0.717) is 0 Å². The van der Waals surface area contributed by atoms with Gasteiger partial charge in [-0.25, -0.2) is 4.79 Å². The van der Waals surface area contributed by atoms with Crippen molar-refractivity contribution in [3.63, 3.8) is 0 Å². The van der Waals surface area contributed by atoms with Gasteiger partial charge in [-0.1, -0.05) is 28.1 Å². The summed E-state index contributed by atoms with van der Waals surface area (Å²) in [5, 5.41) is 8.49. The number of nitrogens with zero attached hydrogens (tertiary/aromatic N) is 1. The summed E-state index contributed by atoms with van der Waals surface area (Å²) >= 11 is 3.29. The number of hydrogen-bond acceptors (Lipinski definition) is 3. The number of carbonyl (C=O) groups excluding carboxylic acids is 2. The van der Waals surface area contributed by atoms with Crippen LogP contribution in [0.4, 0.5) is 0 Å². The topological polar surface area (TPSA) is 101 Å². The predicted molar refractivity (Wildman–Crippen MR) is 75.5 cm³/mol. The van der Waals surface area contributed by atoms with E-state index in [0.717, 1.165) is 22.2 Å². The maximum atomic E-state index is 11.8. The van der Waals surface area contributed by atoms with Crippen LogP contribution in [0, 0.1) is 0 Å². The highest BCUT2D eigenvalue weighted by atomic mass is 79.9. The third-order valence-corrected chi connectivity index (χ3v) is 2.84. The van der Waals surface area contributed by atoms with Crippen LogP contribution in [0.3, 0.4) is 0 Å². The average molecular weight is 341 g/mol. The van der Waals surface area contributed by atoms with Gasteiger partial charge < -0.3 is 15.7 Å². The number of carboxylic acids is 1. The van der Waals surface area contributed by atoms with Gasteiger partial charge in [0.2, 0.25) is 11.8 Å². The van der Waals surface area contributed by atoms with Gasteiger partial charge in [0.1, 0.15) is 0 Å². The first kappa shape index (κ1) is 15.9. The Bertz CT molecular complexity index is 540. The van der Waals surface area contributed by atoms with Crippen molar-refractivity contribution in [1.82, 2.24) is 4.90 Å². The summed E-state index contributed by atoms with van der Waals surface area (Å²) in [6.07, 6.45) is 1.61. The lowest BCUT2D eigenvalue weighted by Crippen LogP contribution is -2.37. The number of primary amides is 1. The molecule has 0 heterocycles. The maximum Gasteiger partial charge on any atom is 0.328 e. The summed E-state index contributed by atoms with van der Waals surface area (Å²) in [5.41, 5.74) is 5.88. The van der Waals surface area contributed by atoms with Crippen LogP contribution in [-0.4, -0.2) is 34.3 Å². The van der Waals surface area contributed by atoms with Crippen LogP contribution in [0.1, 0.15) is 5.56 Å². The lowest BCUT2D eigenvalue weighted by Gasteiger charge is -2.19. The molecule has 0 bridgehead atoms. The molecule has 3 N–H and O–H groups in total. The van der Waals surface area contributed by atoms with E-state index in [1.807, 2.05) is 0 Å². The molecule has 0 aliphatic heterocycles. The smallest absolute Gasteiger partial charge is 0.328 e. The Hall–Kier alpha value is -2.15. The van der Waals surface area contributed by atoms with Crippen LogP contribution < -0.4 is 5.73 Å². The number of halogens is 1. The maximum absolute atomic E-state index is 11.8. The van der Waals surface area contributed by atoms with E-state index in [-0.39, 0.29) is 13.1 Å². The summed E-state index contributed by atoms with van der Waals surface area (Å²) < 4.78 is 0.889. The molecule has 0 unspecified atom stereocenters. The molecule has 0 atom stereocenters. The highest BCUT2D eigenvalue weighted by molar-refractivity contribution is 9.10. The molecule has 20 heavy (non-hydrogen) atoms. The monoisotopic (exact) mass is 340 g/mol. The third kappa shape index (κ3) is 5.66. The van der Waals surface area contributed by atoms with Crippen molar-refractivity contribution in [1.29, 1.82) is 0 Å². The lowest BCUT2D eigenvalue weighted by molar-refractivity contribution is -0.133. The molecule has 0 fully saturated rings. The van der Waals surface area contributed by atoms with Crippen LogP contribution in [-0.2, 0) is 20.9 Å². The van der Waals surface area contributed by atoms with Gasteiger partial charge in [0.05, 0.1) is 6.54 Å². The molecule has 106 valence electrons. The number of benzene rings is 1. The number of amides is 2. The standard InChI is InChI=1S/C13H13BrN2O4/c14-10-3-1-9(2-4-10)7-16(8-11(15)17)12(18)5-6-13(19)20/h1-6H,7-8H2,(H2,15,17)(H,19,20)/b6-5+. The molecule has 0 aliphatic rings. The molecule has 6 nitrogen and oxygen atoms in total. The molecule has 0 spiro atoms. The Morgan fingerprint density at radius 1 is 1.20 bits per heavy atom. The van der Waals surface area contributed by atoms with Crippen LogP contribution in [0.25, 0.3) is 0 Å². The number of aliphatic carboxylic acids is 1. The van der Waals surface area contributed by atoms with Gasteiger partial charge in [-0.15, -0.1) is 0 Å². The number of rotatable bonds is 6. The van der Waals surface area contributed by atoms with Crippen LogP contribution in [0.2, 0.25) is 0 Å². The second-order valence-electron chi connectivity index (χ2n) is 3.96. The lowest BCUT2D eigenvalue weighted by atomic mass is 10.2. The molecule has 0 aliphatic carbocycles. The van der Waals surface area contributed by atoms with Gasteiger partial charge >= 0.3 is 5.97 Å². The zero-order valence-corrected chi connectivity index (χ0v) is 12.0. The number of hydrogen-bond donors (Lipinski definition) is 2. The molecular formula is C13H13BrN2O4.